The maximum Gasteiger partial charge on any atom is 0.0951 e. The van der Waals surface area contributed by atoms with Crippen molar-refractivity contribution < 1.29 is 4.74 Å². The number of hydrogen-bond acceptors (Lipinski definition) is 3. The molecule has 4 rings (SSSR count). The van der Waals surface area contributed by atoms with Gasteiger partial charge in [-0.3, -0.25) is 0 Å². The summed E-state index contributed by atoms with van der Waals surface area (Å²) in [6, 6.07) is 0.599. The van der Waals surface area contributed by atoms with Crippen molar-refractivity contribution >= 4 is 0 Å². The predicted molar refractivity (Wildman–Crippen MR) is 81.7 cm³/mol. The van der Waals surface area contributed by atoms with Crippen molar-refractivity contribution in [3.8, 4) is 0 Å². The Morgan fingerprint density at radius 2 is 2.24 bits per heavy atom. The third-order valence-electron chi connectivity index (χ3n) is 6.36. The molecule has 4 nitrogen and oxygen atoms in total. The zero-order chi connectivity index (χ0) is 14.4. The molecule has 6 atom stereocenters. The number of hydrogen-bond donors (Lipinski definition) is 1. The molecule has 1 aromatic rings. The second-order valence-electron chi connectivity index (χ2n) is 7.45. The van der Waals surface area contributed by atoms with E-state index in [0.29, 0.717) is 12.0 Å². The number of nitrogens with two attached hydrogens (primary N) is 1. The number of ether oxygens (including phenoxy) is 1. The lowest BCUT2D eigenvalue weighted by atomic mass is 9.83. The number of imidazole rings is 1. The number of aromatic nitrogens is 2. The van der Waals surface area contributed by atoms with Crippen molar-refractivity contribution in [2.75, 3.05) is 13.2 Å². The summed E-state index contributed by atoms with van der Waals surface area (Å²) in [7, 11) is 0. The summed E-state index contributed by atoms with van der Waals surface area (Å²) in [5, 5.41) is 0. The molecule has 1 saturated heterocycles. The second kappa shape index (κ2) is 5.40. The highest BCUT2D eigenvalue weighted by molar-refractivity contribution is 5.09. The van der Waals surface area contributed by atoms with Crippen LogP contribution in [0.2, 0.25) is 0 Å². The minimum Gasteiger partial charge on any atom is -0.381 e. The van der Waals surface area contributed by atoms with E-state index in [1.54, 1.807) is 0 Å². The molecule has 116 valence electrons. The monoisotopic (exact) mass is 289 g/mol. The van der Waals surface area contributed by atoms with Crippen LogP contribution >= 0.6 is 0 Å². The van der Waals surface area contributed by atoms with E-state index in [1.807, 2.05) is 12.5 Å². The van der Waals surface area contributed by atoms with Gasteiger partial charge in [0.25, 0.3) is 0 Å². The van der Waals surface area contributed by atoms with E-state index in [0.717, 1.165) is 37.4 Å². The smallest absolute Gasteiger partial charge is 0.0951 e. The zero-order valence-corrected chi connectivity index (χ0v) is 12.9. The Labute approximate surface area is 127 Å². The van der Waals surface area contributed by atoms with Crippen molar-refractivity contribution in [1.29, 1.82) is 0 Å². The zero-order valence-electron chi connectivity index (χ0n) is 12.9. The quantitative estimate of drug-likeness (QED) is 0.927. The van der Waals surface area contributed by atoms with Gasteiger partial charge in [-0.1, -0.05) is 6.42 Å². The lowest BCUT2D eigenvalue weighted by Gasteiger charge is -2.31. The molecule has 0 spiro atoms. The molecule has 6 unspecified atom stereocenters. The molecule has 2 bridgehead atoms. The maximum atomic E-state index is 6.52. The summed E-state index contributed by atoms with van der Waals surface area (Å²) in [6.07, 6.45) is 10.8. The van der Waals surface area contributed by atoms with Crippen molar-refractivity contribution in [3.63, 3.8) is 0 Å². The van der Waals surface area contributed by atoms with Crippen LogP contribution in [0.1, 0.15) is 56.8 Å². The van der Waals surface area contributed by atoms with Gasteiger partial charge < -0.3 is 15.0 Å². The predicted octanol–water partition coefficient (Wildman–Crippen LogP) is 2.92. The van der Waals surface area contributed by atoms with Gasteiger partial charge in [-0.25, -0.2) is 4.98 Å². The van der Waals surface area contributed by atoms with Crippen molar-refractivity contribution in [1.82, 2.24) is 9.55 Å². The molecule has 0 radical (unpaired) electrons. The third-order valence-corrected chi connectivity index (χ3v) is 6.36. The topological polar surface area (TPSA) is 53.1 Å². The molecule has 0 aromatic carbocycles. The van der Waals surface area contributed by atoms with Crippen LogP contribution in [0.5, 0.6) is 0 Å². The minimum atomic E-state index is 0.0658. The average Bonchev–Trinajstić information content (AvgIpc) is 3.29. The SMILES string of the molecule is CC(C1CC2CCC1C2)n1cncc1C(N)C1CCOC1. The van der Waals surface area contributed by atoms with E-state index < -0.39 is 0 Å². The first-order valence-electron chi connectivity index (χ1n) is 8.59. The first kappa shape index (κ1) is 13.8. The van der Waals surface area contributed by atoms with Gasteiger partial charge in [0.1, 0.15) is 0 Å². The number of rotatable bonds is 4. The summed E-state index contributed by atoms with van der Waals surface area (Å²) in [4.78, 5) is 4.41. The van der Waals surface area contributed by atoms with Gasteiger partial charge in [-0.2, -0.15) is 0 Å². The van der Waals surface area contributed by atoms with Crippen molar-refractivity contribution in [2.24, 2.45) is 29.4 Å². The van der Waals surface area contributed by atoms with E-state index in [1.165, 1.54) is 31.4 Å². The lowest BCUT2D eigenvalue weighted by Crippen LogP contribution is -2.28. The molecular formula is C17H27N3O. The molecule has 21 heavy (non-hydrogen) atoms. The molecule has 2 heterocycles. The van der Waals surface area contributed by atoms with Crippen LogP contribution < -0.4 is 5.73 Å². The van der Waals surface area contributed by atoms with Crippen LogP contribution in [0.3, 0.4) is 0 Å². The molecule has 2 saturated carbocycles. The van der Waals surface area contributed by atoms with E-state index in [2.05, 4.69) is 16.5 Å². The summed E-state index contributed by atoms with van der Waals surface area (Å²) in [5.74, 6) is 3.20. The fourth-order valence-corrected chi connectivity index (χ4v) is 5.08. The van der Waals surface area contributed by atoms with Gasteiger partial charge in [0.15, 0.2) is 0 Å². The van der Waals surface area contributed by atoms with Crippen LogP contribution in [-0.2, 0) is 4.74 Å². The molecule has 3 fully saturated rings. The molecule has 2 aliphatic carbocycles. The number of fused-ring (bicyclic) bond motifs is 2. The van der Waals surface area contributed by atoms with Crippen LogP contribution in [-0.4, -0.2) is 22.8 Å². The van der Waals surface area contributed by atoms with Gasteiger partial charge in [-0.15, -0.1) is 0 Å². The fourth-order valence-electron chi connectivity index (χ4n) is 5.08. The fraction of sp³-hybridized carbons (Fsp3) is 0.824. The molecular weight excluding hydrogens is 262 g/mol. The highest BCUT2D eigenvalue weighted by atomic mass is 16.5. The first-order valence-corrected chi connectivity index (χ1v) is 8.59. The molecule has 3 aliphatic rings. The molecule has 1 aromatic heterocycles. The highest BCUT2D eigenvalue weighted by Crippen LogP contribution is 2.52. The van der Waals surface area contributed by atoms with Crippen molar-refractivity contribution in [3.05, 3.63) is 18.2 Å². The van der Waals surface area contributed by atoms with Crippen LogP contribution in [0, 0.1) is 23.7 Å². The van der Waals surface area contributed by atoms with Crippen LogP contribution in [0.4, 0.5) is 0 Å². The van der Waals surface area contributed by atoms with Gasteiger partial charge >= 0.3 is 0 Å². The Kier molecular flexibility index (Phi) is 3.54. The van der Waals surface area contributed by atoms with Gasteiger partial charge in [-0.05, 0) is 50.4 Å². The van der Waals surface area contributed by atoms with Gasteiger partial charge in [0.2, 0.25) is 0 Å². The Bertz CT molecular complexity index is 494. The van der Waals surface area contributed by atoms with Gasteiger partial charge in [0, 0.05) is 24.8 Å². The van der Waals surface area contributed by atoms with E-state index in [9.17, 15) is 0 Å². The molecule has 2 N–H and O–H groups in total. The lowest BCUT2D eigenvalue weighted by molar-refractivity contribution is 0.179. The highest BCUT2D eigenvalue weighted by Gasteiger charge is 2.42. The largest absolute Gasteiger partial charge is 0.381 e. The van der Waals surface area contributed by atoms with E-state index >= 15 is 0 Å². The van der Waals surface area contributed by atoms with E-state index in [-0.39, 0.29) is 6.04 Å². The van der Waals surface area contributed by atoms with Gasteiger partial charge in [0.05, 0.1) is 24.7 Å². The Morgan fingerprint density at radius 1 is 1.33 bits per heavy atom. The van der Waals surface area contributed by atoms with E-state index in [4.69, 9.17) is 10.5 Å². The average molecular weight is 289 g/mol. The Balaban J connectivity index is 1.54. The number of nitrogens with zero attached hydrogens (tertiary/aromatic N) is 2. The Morgan fingerprint density at radius 3 is 2.90 bits per heavy atom. The minimum absolute atomic E-state index is 0.0658. The Hall–Kier alpha value is -0.870. The second-order valence-corrected chi connectivity index (χ2v) is 7.45. The molecule has 1 aliphatic heterocycles. The summed E-state index contributed by atoms with van der Waals surface area (Å²) in [5.41, 5.74) is 7.73. The van der Waals surface area contributed by atoms with Crippen molar-refractivity contribution in [2.45, 2.75) is 51.1 Å². The molecule has 0 amide bonds. The first-order chi connectivity index (χ1) is 10.2. The molecule has 4 heteroatoms. The summed E-state index contributed by atoms with van der Waals surface area (Å²) in [6.45, 7) is 4.03. The maximum absolute atomic E-state index is 6.52. The van der Waals surface area contributed by atoms with Crippen LogP contribution in [0.15, 0.2) is 12.5 Å². The van der Waals surface area contributed by atoms with Crippen LogP contribution in [0.25, 0.3) is 0 Å². The summed E-state index contributed by atoms with van der Waals surface area (Å²) >= 11 is 0. The standard InChI is InChI=1S/C17H27N3O/c1-11(15-7-12-2-3-13(15)6-12)20-10-19-8-16(20)17(18)14-4-5-21-9-14/h8,10-15,17H,2-7,9,18H2,1H3. The third kappa shape index (κ3) is 2.33. The normalized spacial score (nSPS) is 38.0. The summed E-state index contributed by atoms with van der Waals surface area (Å²) < 4.78 is 7.88.